The fourth-order valence-corrected chi connectivity index (χ4v) is 6.37. The molecule has 0 amide bonds. The summed E-state index contributed by atoms with van der Waals surface area (Å²) < 4.78 is 8.35. The predicted molar refractivity (Wildman–Crippen MR) is 118 cm³/mol. The van der Waals surface area contributed by atoms with Crippen molar-refractivity contribution in [3.8, 4) is 5.88 Å². The fourth-order valence-electron chi connectivity index (χ4n) is 4.16. The number of rotatable bonds is 7. The molecule has 2 aliphatic heterocycles. The van der Waals surface area contributed by atoms with Crippen molar-refractivity contribution >= 4 is 30.2 Å². The maximum atomic E-state index is 10.8. The first-order valence-electron chi connectivity index (χ1n) is 10.6. The second kappa shape index (κ2) is 9.43. The van der Waals surface area contributed by atoms with E-state index in [2.05, 4.69) is 43.5 Å². The Bertz CT molecular complexity index is 896. The molecule has 2 N–H and O–H groups in total. The van der Waals surface area contributed by atoms with Gasteiger partial charge in [-0.2, -0.15) is 0 Å². The number of hydrazine groups is 1. The molecule has 8 nitrogen and oxygen atoms in total. The molecular formula is C21H25N5O3S2. The third-order valence-electron chi connectivity index (χ3n) is 5.98. The quantitative estimate of drug-likeness (QED) is 0.476. The Hall–Kier alpha value is -1.69. The summed E-state index contributed by atoms with van der Waals surface area (Å²) in [7, 11) is 0. The van der Waals surface area contributed by atoms with E-state index in [4.69, 9.17) is 4.74 Å². The molecule has 0 radical (unpaired) electrons. The summed E-state index contributed by atoms with van der Waals surface area (Å²) in [5.41, 5.74) is 4.45. The van der Waals surface area contributed by atoms with E-state index in [1.165, 1.54) is 9.79 Å². The number of fused-ring (bicyclic) bond motifs is 1. The maximum Gasteiger partial charge on any atom is 0.236 e. The lowest BCUT2D eigenvalue weighted by atomic mass is 9.89. The van der Waals surface area contributed by atoms with Crippen molar-refractivity contribution in [3.63, 3.8) is 0 Å². The molecule has 2 aromatic rings. The summed E-state index contributed by atoms with van der Waals surface area (Å²) in [6.07, 6.45) is 6.56. The molecule has 2 fully saturated rings. The molecule has 0 bridgehead atoms. The van der Waals surface area contributed by atoms with E-state index in [-0.39, 0.29) is 12.0 Å². The molecule has 31 heavy (non-hydrogen) atoms. The summed E-state index contributed by atoms with van der Waals surface area (Å²) in [4.78, 5) is 24.2. The summed E-state index contributed by atoms with van der Waals surface area (Å²) in [6, 6.07) is 8.79. The average molecular weight is 460 g/mol. The molecule has 1 aromatic carbocycles. The lowest BCUT2D eigenvalue weighted by molar-refractivity contribution is -0.125. The highest BCUT2D eigenvalue weighted by Gasteiger charge is 2.36. The smallest absolute Gasteiger partial charge is 0.236 e. The SMILES string of the molecule is O=CC(O)N1CCC(c2nccnc2OC2CC(NN3Sc4ccccc4S3)C2)CC1. The molecule has 0 spiro atoms. The van der Waals surface area contributed by atoms with Gasteiger partial charge < -0.3 is 9.84 Å². The molecule has 1 unspecified atom stereocenters. The van der Waals surface area contributed by atoms with E-state index in [0.29, 0.717) is 31.3 Å². The minimum Gasteiger partial charge on any atom is -0.473 e. The van der Waals surface area contributed by atoms with Crippen molar-refractivity contribution in [1.82, 2.24) is 24.1 Å². The second-order valence-corrected chi connectivity index (χ2v) is 10.2. The Morgan fingerprint density at radius 1 is 1.13 bits per heavy atom. The number of carbonyl (C=O) groups is 1. The van der Waals surface area contributed by atoms with Crippen LogP contribution in [0.3, 0.4) is 0 Å². The number of aromatic nitrogens is 2. The molecule has 3 heterocycles. The lowest BCUT2D eigenvalue weighted by Crippen LogP contribution is -2.49. The number of carbonyl (C=O) groups excluding carboxylic acids is 1. The highest BCUT2D eigenvalue weighted by molar-refractivity contribution is 8.14. The zero-order valence-electron chi connectivity index (χ0n) is 17.0. The first kappa shape index (κ1) is 21.2. The van der Waals surface area contributed by atoms with Crippen LogP contribution >= 0.6 is 23.9 Å². The number of aliphatic hydroxyl groups excluding tert-OH is 1. The zero-order valence-corrected chi connectivity index (χ0v) is 18.6. The number of likely N-dealkylation sites (tertiary alicyclic amines) is 1. The van der Waals surface area contributed by atoms with Crippen LogP contribution in [0, 0.1) is 0 Å². The average Bonchev–Trinajstić information content (AvgIpc) is 3.20. The standard InChI is InChI=1S/C21H25N5O3S2/c27-13-19(28)25-9-5-14(6-10-25)20-21(23-8-7-22-20)29-16-11-15(12-16)24-26-30-17-3-1-2-4-18(17)31-26/h1-4,7-8,13-16,19,24,28H,5-6,9-12H2. The second-order valence-electron chi connectivity index (χ2n) is 8.03. The number of benzene rings is 1. The largest absolute Gasteiger partial charge is 0.473 e. The van der Waals surface area contributed by atoms with Crippen LogP contribution < -0.4 is 10.2 Å². The van der Waals surface area contributed by atoms with Gasteiger partial charge in [0.15, 0.2) is 12.5 Å². The van der Waals surface area contributed by atoms with Gasteiger partial charge in [0.1, 0.15) is 11.8 Å². The van der Waals surface area contributed by atoms with E-state index in [9.17, 15) is 9.90 Å². The molecule has 164 valence electrons. The predicted octanol–water partition coefficient (Wildman–Crippen LogP) is 2.62. The van der Waals surface area contributed by atoms with Crippen LogP contribution in [0.15, 0.2) is 46.5 Å². The van der Waals surface area contributed by atoms with Gasteiger partial charge in [-0.15, -0.1) is 3.82 Å². The molecular weight excluding hydrogens is 434 g/mol. The molecule has 1 aromatic heterocycles. The first-order chi connectivity index (χ1) is 15.2. The highest BCUT2D eigenvalue weighted by Crippen LogP contribution is 2.45. The Kier molecular flexibility index (Phi) is 6.44. The number of aliphatic hydroxyl groups is 1. The number of nitrogens with one attached hydrogen (secondary N) is 1. The van der Waals surface area contributed by atoms with E-state index in [1.54, 1.807) is 41.2 Å². The van der Waals surface area contributed by atoms with Gasteiger partial charge in [-0.25, -0.2) is 10.4 Å². The summed E-state index contributed by atoms with van der Waals surface area (Å²) in [5.74, 6) is 0.848. The molecule has 1 aliphatic carbocycles. The van der Waals surface area contributed by atoms with Gasteiger partial charge in [-0.05, 0) is 48.9 Å². The molecule has 3 aliphatic rings. The number of aldehydes is 1. The van der Waals surface area contributed by atoms with Gasteiger partial charge in [0, 0.05) is 60.1 Å². The minimum atomic E-state index is -1.02. The van der Waals surface area contributed by atoms with Gasteiger partial charge in [-0.3, -0.25) is 14.7 Å². The number of ether oxygens (including phenoxy) is 1. The summed E-state index contributed by atoms with van der Waals surface area (Å²) in [5, 5.41) is 9.72. The van der Waals surface area contributed by atoms with Gasteiger partial charge in [0.2, 0.25) is 5.88 Å². The van der Waals surface area contributed by atoms with E-state index >= 15 is 0 Å². The van der Waals surface area contributed by atoms with Gasteiger partial charge in [-0.1, -0.05) is 12.1 Å². The Balaban J connectivity index is 1.12. The van der Waals surface area contributed by atoms with Gasteiger partial charge >= 0.3 is 0 Å². The van der Waals surface area contributed by atoms with Crippen LogP contribution in [0.1, 0.15) is 37.3 Å². The third-order valence-corrected chi connectivity index (χ3v) is 8.20. The van der Waals surface area contributed by atoms with Crippen molar-refractivity contribution in [2.45, 2.75) is 59.8 Å². The topological polar surface area (TPSA) is 90.8 Å². The molecule has 1 saturated heterocycles. The van der Waals surface area contributed by atoms with Crippen LogP contribution in [-0.4, -0.2) is 61.5 Å². The number of nitrogens with zero attached hydrogens (tertiary/aromatic N) is 4. The Labute approximate surface area is 190 Å². The number of hydrogen-bond donors (Lipinski definition) is 2. The van der Waals surface area contributed by atoms with Crippen LogP contribution in [-0.2, 0) is 4.79 Å². The van der Waals surface area contributed by atoms with E-state index in [1.807, 2.05) is 0 Å². The lowest BCUT2D eigenvalue weighted by Gasteiger charge is -2.38. The summed E-state index contributed by atoms with van der Waals surface area (Å²) in [6.45, 7) is 1.31. The van der Waals surface area contributed by atoms with Crippen molar-refractivity contribution in [1.29, 1.82) is 0 Å². The van der Waals surface area contributed by atoms with Crippen molar-refractivity contribution in [2.24, 2.45) is 0 Å². The maximum absolute atomic E-state index is 10.8. The van der Waals surface area contributed by atoms with Gasteiger partial charge in [0.05, 0.1) is 0 Å². The van der Waals surface area contributed by atoms with Crippen molar-refractivity contribution in [2.75, 3.05) is 13.1 Å². The number of piperidine rings is 1. The molecule has 5 rings (SSSR count). The normalized spacial score (nSPS) is 25.6. The summed E-state index contributed by atoms with van der Waals surface area (Å²) >= 11 is 3.44. The van der Waals surface area contributed by atoms with Crippen LogP contribution in [0.4, 0.5) is 0 Å². The van der Waals surface area contributed by atoms with Crippen molar-refractivity contribution in [3.05, 3.63) is 42.4 Å². The van der Waals surface area contributed by atoms with E-state index < -0.39 is 6.23 Å². The van der Waals surface area contributed by atoms with E-state index in [0.717, 1.165) is 31.4 Å². The van der Waals surface area contributed by atoms with Crippen LogP contribution in [0.2, 0.25) is 0 Å². The minimum absolute atomic E-state index is 0.130. The third kappa shape index (κ3) is 4.74. The molecule has 1 atom stereocenters. The number of hydrogen-bond acceptors (Lipinski definition) is 10. The Morgan fingerprint density at radius 3 is 2.48 bits per heavy atom. The van der Waals surface area contributed by atoms with Crippen molar-refractivity contribution < 1.29 is 14.6 Å². The van der Waals surface area contributed by atoms with Crippen LogP contribution in [0.25, 0.3) is 0 Å². The molecule has 10 heteroatoms. The van der Waals surface area contributed by atoms with Gasteiger partial charge in [0.25, 0.3) is 0 Å². The fraction of sp³-hybridized carbons (Fsp3) is 0.476. The monoisotopic (exact) mass is 459 g/mol. The molecule has 1 saturated carbocycles. The Morgan fingerprint density at radius 2 is 1.81 bits per heavy atom. The highest BCUT2D eigenvalue weighted by atomic mass is 32.2. The zero-order chi connectivity index (χ0) is 21.2. The first-order valence-corrected chi connectivity index (χ1v) is 12.1. The van der Waals surface area contributed by atoms with Crippen LogP contribution in [0.5, 0.6) is 5.88 Å².